The fourth-order valence-electron chi connectivity index (χ4n) is 1.36. The van der Waals surface area contributed by atoms with Gasteiger partial charge in [-0.15, -0.1) is 0 Å². The highest BCUT2D eigenvalue weighted by Gasteiger charge is 2.53. The van der Waals surface area contributed by atoms with Crippen LogP contribution < -0.4 is 5.32 Å². The summed E-state index contributed by atoms with van der Waals surface area (Å²) in [4.78, 5) is 11.9. The van der Waals surface area contributed by atoms with E-state index >= 15 is 0 Å². The molecule has 2 N–H and O–H groups in total. The van der Waals surface area contributed by atoms with Crippen LogP contribution in [-0.4, -0.2) is 43.1 Å². The second-order valence-corrected chi connectivity index (χ2v) is 11.9. The molecule has 0 rings (SSSR count). The fraction of sp³-hybridized carbons (Fsp3) is 0.909. The minimum atomic E-state index is -4.26. The molecular formula is C11H18Cl6NO6P. The third-order valence-electron chi connectivity index (χ3n) is 2.07. The van der Waals surface area contributed by atoms with Crippen LogP contribution in [0, 0.1) is 0 Å². The summed E-state index contributed by atoms with van der Waals surface area (Å²) >= 11 is 33.6. The SMILES string of the molecule is CC(C)OP(=O)(OC(C)C)[C@@H](OC(=O)N[C@H](O)C(Cl)(Cl)Cl)C(Cl)(Cl)Cl. The Balaban J connectivity index is 5.54. The van der Waals surface area contributed by atoms with Crippen molar-refractivity contribution in [1.82, 2.24) is 5.32 Å². The molecule has 25 heavy (non-hydrogen) atoms. The Morgan fingerprint density at radius 3 is 1.64 bits per heavy atom. The van der Waals surface area contributed by atoms with Crippen LogP contribution in [0.4, 0.5) is 4.79 Å². The minimum absolute atomic E-state index is 0.613. The lowest BCUT2D eigenvalue weighted by atomic mass is 10.5. The van der Waals surface area contributed by atoms with Gasteiger partial charge in [0.2, 0.25) is 7.59 Å². The molecular weight excluding hydrogens is 486 g/mol. The van der Waals surface area contributed by atoms with E-state index in [-0.39, 0.29) is 0 Å². The first-order chi connectivity index (χ1) is 11.0. The molecule has 0 spiro atoms. The molecule has 0 unspecified atom stereocenters. The van der Waals surface area contributed by atoms with E-state index in [1.807, 2.05) is 0 Å². The molecule has 1 amide bonds. The quantitative estimate of drug-likeness (QED) is 0.284. The zero-order valence-corrected chi connectivity index (χ0v) is 18.9. The maximum atomic E-state index is 13.1. The molecule has 0 radical (unpaired) electrons. The van der Waals surface area contributed by atoms with Gasteiger partial charge < -0.3 is 18.9 Å². The lowest BCUT2D eigenvalue weighted by Crippen LogP contribution is -2.46. The predicted molar refractivity (Wildman–Crippen MR) is 100 cm³/mol. The van der Waals surface area contributed by atoms with Gasteiger partial charge in [-0.2, -0.15) is 0 Å². The van der Waals surface area contributed by atoms with Crippen molar-refractivity contribution in [3.8, 4) is 0 Å². The number of aliphatic hydroxyl groups is 1. The molecule has 0 aromatic rings. The molecule has 0 aliphatic rings. The van der Waals surface area contributed by atoms with Crippen LogP contribution in [0.3, 0.4) is 0 Å². The maximum Gasteiger partial charge on any atom is 0.410 e. The van der Waals surface area contributed by atoms with Crippen molar-refractivity contribution in [3.05, 3.63) is 0 Å². The van der Waals surface area contributed by atoms with Crippen LogP contribution in [0.2, 0.25) is 0 Å². The third-order valence-corrected chi connectivity index (χ3v) is 6.24. The van der Waals surface area contributed by atoms with Crippen LogP contribution >= 0.6 is 77.2 Å². The Morgan fingerprint density at radius 2 is 1.36 bits per heavy atom. The van der Waals surface area contributed by atoms with Crippen LogP contribution in [0.1, 0.15) is 27.7 Å². The largest absolute Gasteiger partial charge is 0.428 e. The number of alkyl halides is 6. The molecule has 2 atom stereocenters. The number of rotatable bonds is 7. The fourth-order valence-corrected chi connectivity index (χ4v) is 4.77. The molecule has 0 fully saturated rings. The van der Waals surface area contributed by atoms with Crippen molar-refractivity contribution in [2.45, 2.75) is 59.6 Å². The van der Waals surface area contributed by atoms with Crippen LogP contribution in [-0.2, 0) is 18.3 Å². The summed E-state index contributed by atoms with van der Waals surface area (Å²) in [6.07, 6.45) is -4.55. The highest BCUT2D eigenvalue weighted by Crippen LogP contribution is 2.61. The first-order valence-electron chi connectivity index (χ1n) is 6.74. The number of carbonyl (C=O) groups excluding carboxylic acids is 1. The van der Waals surface area contributed by atoms with Crippen molar-refractivity contribution in [3.63, 3.8) is 0 Å². The number of aliphatic hydroxyl groups excluding tert-OH is 1. The maximum absolute atomic E-state index is 13.1. The van der Waals surface area contributed by atoms with Gasteiger partial charge in [-0.05, 0) is 27.7 Å². The molecule has 0 aliphatic carbocycles. The summed E-state index contributed by atoms with van der Waals surface area (Å²) in [7, 11) is -4.26. The molecule has 0 aromatic carbocycles. The lowest BCUT2D eigenvalue weighted by Gasteiger charge is -2.33. The van der Waals surface area contributed by atoms with E-state index in [2.05, 4.69) is 0 Å². The summed E-state index contributed by atoms with van der Waals surface area (Å²) in [6.45, 7) is 6.22. The van der Waals surface area contributed by atoms with E-state index in [1.165, 1.54) is 0 Å². The second-order valence-electron chi connectivity index (χ2n) is 5.24. The van der Waals surface area contributed by atoms with Gasteiger partial charge in [-0.1, -0.05) is 69.6 Å². The standard InChI is InChI=1S/C11H18Cl6NO6P/c1-5(2)23-25(21,24-6(3)4)8(11(15,16)17)22-9(20)18-7(19)10(12,13)14/h5-8,19H,1-4H3,(H,18,20)/t7-,8-/m1/s1. The zero-order valence-electron chi connectivity index (χ0n) is 13.5. The van der Waals surface area contributed by atoms with Gasteiger partial charge in [0, 0.05) is 0 Å². The van der Waals surface area contributed by atoms with E-state index in [1.54, 1.807) is 33.0 Å². The number of carbonyl (C=O) groups is 1. The monoisotopic (exact) mass is 501 g/mol. The highest BCUT2D eigenvalue weighted by molar-refractivity contribution is 7.55. The van der Waals surface area contributed by atoms with Crippen molar-refractivity contribution >= 4 is 83.3 Å². The minimum Gasteiger partial charge on any atom is -0.428 e. The average Bonchev–Trinajstić information content (AvgIpc) is 2.30. The molecule has 0 aliphatic heterocycles. The van der Waals surface area contributed by atoms with Crippen LogP contribution in [0.15, 0.2) is 0 Å². The number of alkyl carbamates (subject to hydrolysis) is 1. The van der Waals surface area contributed by atoms with Gasteiger partial charge >= 0.3 is 13.7 Å². The van der Waals surface area contributed by atoms with Crippen LogP contribution in [0.5, 0.6) is 0 Å². The van der Waals surface area contributed by atoms with E-state index in [0.29, 0.717) is 0 Å². The van der Waals surface area contributed by atoms with Crippen molar-refractivity contribution in [1.29, 1.82) is 0 Å². The molecule has 150 valence electrons. The Morgan fingerprint density at radius 1 is 0.960 bits per heavy atom. The van der Waals surface area contributed by atoms with Gasteiger partial charge in [0.05, 0.1) is 12.2 Å². The van der Waals surface area contributed by atoms with E-state index in [4.69, 9.17) is 83.4 Å². The van der Waals surface area contributed by atoms with Gasteiger partial charge in [-0.3, -0.25) is 9.88 Å². The number of nitrogens with one attached hydrogen (secondary N) is 1. The molecule has 0 aromatic heterocycles. The van der Waals surface area contributed by atoms with E-state index < -0.39 is 45.6 Å². The Hall–Kier alpha value is 1.12. The molecule has 0 heterocycles. The summed E-state index contributed by atoms with van der Waals surface area (Å²) in [5.74, 6) is -1.96. The van der Waals surface area contributed by atoms with Gasteiger partial charge in [0.1, 0.15) is 0 Å². The average molecular weight is 504 g/mol. The highest BCUT2D eigenvalue weighted by atomic mass is 35.6. The van der Waals surface area contributed by atoms with Crippen molar-refractivity contribution in [2.75, 3.05) is 0 Å². The number of hydrogen-bond donors (Lipinski definition) is 2. The Bertz CT molecular complexity index is 480. The number of ether oxygens (including phenoxy) is 1. The smallest absolute Gasteiger partial charge is 0.410 e. The van der Waals surface area contributed by atoms with Crippen molar-refractivity contribution in [2.24, 2.45) is 0 Å². The third kappa shape index (κ3) is 9.74. The van der Waals surface area contributed by atoms with Gasteiger partial charge in [0.25, 0.3) is 5.85 Å². The zero-order chi connectivity index (χ0) is 20.2. The predicted octanol–water partition coefficient (Wildman–Crippen LogP) is 5.14. The summed E-state index contributed by atoms with van der Waals surface area (Å²) < 4.78 is 23.8. The first-order valence-corrected chi connectivity index (χ1v) is 10.6. The van der Waals surface area contributed by atoms with Crippen LogP contribution in [0.25, 0.3) is 0 Å². The lowest BCUT2D eigenvalue weighted by molar-refractivity contribution is 0.0652. The molecule has 7 nitrogen and oxygen atoms in total. The first kappa shape index (κ1) is 26.1. The van der Waals surface area contributed by atoms with Crippen molar-refractivity contribution < 1.29 is 28.3 Å². The summed E-state index contributed by atoms with van der Waals surface area (Å²) in [5, 5.41) is 11.3. The number of hydrogen-bond acceptors (Lipinski definition) is 6. The molecule has 14 heteroatoms. The summed E-state index contributed by atoms with van der Waals surface area (Å²) in [6, 6.07) is 0. The normalized spacial score (nSPS) is 16.0. The Labute approximate surface area is 176 Å². The number of amides is 1. The number of halogens is 6. The van der Waals surface area contributed by atoms with Gasteiger partial charge in [-0.25, -0.2) is 4.79 Å². The topological polar surface area (TPSA) is 94.1 Å². The summed E-state index contributed by atoms with van der Waals surface area (Å²) in [5.41, 5.74) is 0. The Kier molecular flexibility index (Phi) is 10.5. The van der Waals surface area contributed by atoms with E-state index in [0.717, 1.165) is 0 Å². The molecule has 0 saturated heterocycles. The van der Waals surface area contributed by atoms with E-state index in [9.17, 15) is 14.5 Å². The molecule has 0 saturated carbocycles. The second kappa shape index (κ2) is 10.1. The molecule has 0 bridgehead atoms. The van der Waals surface area contributed by atoms with Gasteiger partial charge in [0.15, 0.2) is 6.23 Å².